The van der Waals surface area contributed by atoms with Crippen LogP contribution in [0.4, 0.5) is 15.8 Å². The fraction of sp³-hybridized carbons (Fsp3) is 0.286. The van der Waals surface area contributed by atoms with Gasteiger partial charge in [-0.3, -0.25) is 15.0 Å². The number of nitrogens with one attached hydrogen (secondary N) is 2. The van der Waals surface area contributed by atoms with Gasteiger partial charge in [-0.2, -0.15) is 0 Å². The molecule has 1 aliphatic rings. The Kier molecular flexibility index (Phi) is 8.86. The van der Waals surface area contributed by atoms with Gasteiger partial charge in [0, 0.05) is 55.2 Å². The first-order valence-corrected chi connectivity index (χ1v) is 12.6. The molecule has 6 nitrogen and oxygen atoms in total. The zero-order valence-corrected chi connectivity index (χ0v) is 21.2. The number of carbonyl (C=O) groups is 1. The molecule has 1 fully saturated rings. The van der Waals surface area contributed by atoms with Crippen LogP contribution in [0.5, 0.6) is 5.75 Å². The summed E-state index contributed by atoms with van der Waals surface area (Å²) in [4.78, 5) is 17.1. The number of nitrogens with zero attached hydrogens (tertiary/aromatic N) is 2. The minimum Gasteiger partial charge on any atom is -0.494 e. The Balaban J connectivity index is 1.23. The first-order valence-electron chi connectivity index (χ1n) is 12.2. The van der Waals surface area contributed by atoms with Crippen LogP contribution in [0.25, 0.3) is 0 Å². The van der Waals surface area contributed by atoms with Crippen LogP contribution >= 0.6 is 12.2 Å². The maximum atomic E-state index is 13.9. The first-order chi connectivity index (χ1) is 17.5. The van der Waals surface area contributed by atoms with Gasteiger partial charge < -0.3 is 15.0 Å². The Morgan fingerprint density at radius 1 is 0.972 bits per heavy atom. The van der Waals surface area contributed by atoms with Gasteiger partial charge in [0.2, 0.25) is 0 Å². The molecule has 0 aliphatic carbocycles. The second-order valence-electron chi connectivity index (χ2n) is 8.68. The van der Waals surface area contributed by atoms with E-state index in [2.05, 4.69) is 20.4 Å². The molecule has 8 heteroatoms. The summed E-state index contributed by atoms with van der Waals surface area (Å²) >= 11 is 5.32. The highest BCUT2D eigenvalue weighted by molar-refractivity contribution is 7.80. The van der Waals surface area contributed by atoms with Crippen molar-refractivity contribution in [2.45, 2.75) is 19.9 Å². The summed E-state index contributed by atoms with van der Waals surface area (Å²) in [6.45, 7) is 6.80. The van der Waals surface area contributed by atoms with E-state index in [9.17, 15) is 9.18 Å². The second kappa shape index (κ2) is 12.5. The van der Waals surface area contributed by atoms with Crippen molar-refractivity contribution in [1.82, 2.24) is 10.2 Å². The maximum absolute atomic E-state index is 13.9. The third-order valence-electron chi connectivity index (χ3n) is 6.03. The van der Waals surface area contributed by atoms with Crippen LogP contribution in [-0.2, 0) is 6.54 Å². The lowest BCUT2D eigenvalue weighted by Gasteiger charge is -2.36. The number of anilines is 2. The van der Waals surface area contributed by atoms with E-state index in [-0.39, 0.29) is 16.8 Å². The molecule has 1 saturated heterocycles. The second-order valence-corrected chi connectivity index (χ2v) is 9.09. The number of hydrogen-bond donors (Lipinski definition) is 2. The van der Waals surface area contributed by atoms with Crippen molar-refractivity contribution in [1.29, 1.82) is 0 Å². The number of carbonyl (C=O) groups excluding carboxylic acids is 1. The largest absolute Gasteiger partial charge is 0.494 e. The molecule has 1 aliphatic heterocycles. The molecular formula is C28H31FN4O2S. The molecule has 188 valence electrons. The van der Waals surface area contributed by atoms with Gasteiger partial charge in [0.1, 0.15) is 11.6 Å². The highest BCUT2D eigenvalue weighted by atomic mass is 32.1. The average molecular weight is 507 g/mol. The molecule has 1 amide bonds. The maximum Gasteiger partial charge on any atom is 0.257 e. The van der Waals surface area contributed by atoms with Gasteiger partial charge in [0.05, 0.1) is 6.61 Å². The van der Waals surface area contributed by atoms with Gasteiger partial charge in [-0.25, -0.2) is 4.39 Å². The van der Waals surface area contributed by atoms with E-state index in [4.69, 9.17) is 17.0 Å². The Bertz CT molecular complexity index is 1160. The Morgan fingerprint density at radius 3 is 2.33 bits per heavy atom. The van der Waals surface area contributed by atoms with Crippen LogP contribution in [0.2, 0.25) is 0 Å². The fourth-order valence-corrected chi connectivity index (χ4v) is 4.26. The van der Waals surface area contributed by atoms with Crippen LogP contribution in [0.1, 0.15) is 29.3 Å². The van der Waals surface area contributed by atoms with Gasteiger partial charge in [-0.1, -0.05) is 25.1 Å². The number of piperazine rings is 1. The topological polar surface area (TPSA) is 56.8 Å². The highest BCUT2D eigenvalue weighted by Crippen LogP contribution is 2.21. The molecular weight excluding hydrogens is 475 g/mol. The third kappa shape index (κ3) is 7.02. The van der Waals surface area contributed by atoms with Crippen molar-refractivity contribution in [2.24, 2.45) is 0 Å². The Morgan fingerprint density at radius 2 is 1.67 bits per heavy atom. The molecule has 0 bridgehead atoms. The van der Waals surface area contributed by atoms with Gasteiger partial charge in [-0.05, 0) is 73.2 Å². The van der Waals surface area contributed by atoms with E-state index in [0.717, 1.165) is 55.3 Å². The smallest absolute Gasteiger partial charge is 0.257 e. The summed E-state index contributed by atoms with van der Waals surface area (Å²) in [5, 5.41) is 6.01. The summed E-state index contributed by atoms with van der Waals surface area (Å²) in [6, 6.07) is 21.9. The minimum atomic E-state index is -0.278. The highest BCUT2D eigenvalue weighted by Gasteiger charge is 2.18. The number of thiocarbonyl (C=S) groups is 1. The third-order valence-corrected chi connectivity index (χ3v) is 6.23. The van der Waals surface area contributed by atoms with Gasteiger partial charge >= 0.3 is 0 Å². The number of benzene rings is 3. The quantitative estimate of drug-likeness (QED) is 0.417. The monoisotopic (exact) mass is 506 g/mol. The number of hydrogen-bond acceptors (Lipinski definition) is 5. The molecule has 1 heterocycles. The Labute approximate surface area is 217 Å². The molecule has 3 aromatic rings. The van der Waals surface area contributed by atoms with Crippen molar-refractivity contribution in [3.63, 3.8) is 0 Å². The van der Waals surface area contributed by atoms with E-state index >= 15 is 0 Å². The van der Waals surface area contributed by atoms with Crippen molar-refractivity contribution in [3.05, 3.63) is 89.7 Å². The van der Waals surface area contributed by atoms with E-state index in [0.29, 0.717) is 18.7 Å². The van der Waals surface area contributed by atoms with Crippen LogP contribution in [0, 0.1) is 5.82 Å². The zero-order chi connectivity index (χ0) is 25.3. The first kappa shape index (κ1) is 25.6. The summed E-state index contributed by atoms with van der Waals surface area (Å²) in [6.07, 6.45) is 0.927. The lowest BCUT2D eigenvalue weighted by Crippen LogP contribution is -2.46. The molecule has 0 aromatic heterocycles. The molecule has 3 aromatic carbocycles. The molecule has 0 spiro atoms. The fourth-order valence-electron chi connectivity index (χ4n) is 4.05. The predicted octanol–water partition coefficient (Wildman–Crippen LogP) is 5.06. The van der Waals surface area contributed by atoms with Crippen LogP contribution in [-0.4, -0.2) is 48.7 Å². The lowest BCUT2D eigenvalue weighted by molar-refractivity contribution is 0.0977. The van der Waals surface area contributed by atoms with Crippen LogP contribution in [0.3, 0.4) is 0 Å². The SMILES string of the molecule is CCCOc1ccc(C(=O)NC(=S)Nc2ccc(N3CCN(Cc4ccccc4F)CC3)cc2)cc1. The number of halogens is 1. The van der Waals surface area contributed by atoms with Crippen molar-refractivity contribution in [2.75, 3.05) is 43.0 Å². The number of amides is 1. The van der Waals surface area contributed by atoms with Gasteiger partial charge in [0.25, 0.3) is 5.91 Å². The van der Waals surface area contributed by atoms with Crippen molar-refractivity contribution < 1.29 is 13.9 Å². The normalized spacial score (nSPS) is 13.8. The number of ether oxygens (including phenoxy) is 1. The van der Waals surface area contributed by atoms with Crippen molar-refractivity contribution in [3.8, 4) is 5.75 Å². The van der Waals surface area contributed by atoms with E-state index in [1.807, 2.05) is 43.3 Å². The van der Waals surface area contributed by atoms with Gasteiger partial charge in [-0.15, -0.1) is 0 Å². The van der Waals surface area contributed by atoms with E-state index in [1.54, 1.807) is 30.3 Å². The molecule has 0 radical (unpaired) electrons. The van der Waals surface area contributed by atoms with Crippen LogP contribution in [0.15, 0.2) is 72.8 Å². The van der Waals surface area contributed by atoms with Crippen LogP contribution < -0.4 is 20.3 Å². The lowest BCUT2D eigenvalue weighted by atomic mass is 10.1. The van der Waals surface area contributed by atoms with E-state index in [1.165, 1.54) is 6.07 Å². The average Bonchev–Trinajstić information content (AvgIpc) is 2.90. The Hall–Kier alpha value is -3.49. The summed E-state index contributed by atoms with van der Waals surface area (Å²) in [5.41, 5.74) is 3.16. The predicted molar refractivity (Wildman–Crippen MR) is 146 cm³/mol. The standard InChI is InChI=1S/C28H31FN4O2S/c1-2-19-35-25-13-7-21(8-14-25)27(34)31-28(36)30-23-9-11-24(12-10-23)33-17-15-32(16-18-33)20-22-5-3-4-6-26(22)29/h3-14H,2,15-20H2,1H3,(H2,30,31,34,36). The van der Waals surface area contributed by atoms with Gasteiger partial charge in [0.15, 0.2) is 5.11 Å². The molecule has 2 N–H and O–H groups in total. The summed E-state index contributed by atoms with van der Waals surface area (Å²) in [5.74, 6) is 0.312. The molecule has 0 saturated carbocycles. The summed E-state index contributed by atoms with van der Waals surface area (Å²) in [7, 11) is 0. The molecule has 36 heavy (non-hydrogen) atoms. The minimum absolute atomic E-state index is 0.146. The summed E-state index contributed by atoms with van der Waals surface area (Å²) < 4.78 is 19.5. The molecule has 4 rings (SSSR count). The van der Waals surface area contributed by atoms with E-state index < -0.39 is 0 Å². The zero-order valence-electron chi connectivity index (χ0n) is 20.4. The molecule has 0 unspecified atom stereocenters. The van der Waals surface area contributed by atoms with Crippen molar-refractivity contribution >= 4 is 34.6 Å². The number of rotatable bonds is 8. The molecule has 0 atom stereocenters.